The molecule has 1 N–H and O–H groups in total. The summed E-state index contributed by atoms with van der Waals surface area (Å²) in [7, 11) is 0. The third kappa shape index (κ3) is 4.87. The smallest absolute Gasteiger partial charge is 0.264 e. The Hall–Kier alpha value is -2.24. The minimum atomic E-state index is -0.149. The molecule has 0 saturated carbocycles. The maximum atomic E-state index is 12.1. The summed E-state index contributed by atoms with van der Waals surface area (Å²) < 4.78 is 5.56. The average Bonchev–Trinajstić information content (AvgIpc) is 2.95. The number of halogens is 1. The molecule has 2 aromatic rings. The molecule has 1 saturated heterocycles. The van der Waals surface area contributed by atoms with E-state index in [9.17, 15) is 4.79 Å². The van der Waals surface area contributed by atoms with Crippen LogP contribution < -0.4 is 10.1 Å². The van der Waals surface area contributed by atoms with Crippen molar-refractivity contribution < 1.29 is 9.53 Å². The van der Waals surface area contributed by atoms with Gasteiger partial charge in [0.05, 0.1) is 17.2 Å². The lowest BCUT2D eigenvalue weighted by atomic mass is 10.2. The summed E-state index contributed by atoms with van der Waals surface area (Å²) in [5.74, 6) is 0.682. The lowest BCUT2D eigenvalue weighted by Gasteiger charge is -2.04. The number of carbonyl (C=O) groups excluding carboxylic acids is 1. The second-order valence-corrected chi connectivity index (χ2v) is 6.84. The van der Waals surface area contributed by atoms with Crippen LogP contribution in [-0.4, -0.2) is 17.7 Å². The molecular formula is C19H17ClN2O2S. The molecule has 1 heterocycles. The molecule has 25 heavy (non-hydrogen) atoms. The summed E-state index contributed by atoms with van der Waals surface area (Å²) >= 11 is 7.18. The van der Waals surface area contributed by atoms with E-state index in [0.717, 1.165) is 23.4 Å². The molecule has 2 aromatic carbocycles. The van der Waals surface area contributed by atoms with Gasteiger partial charge in [0.2, 0.25) is 0 Å². The van der Waals surface area contributed by atoms with Crippen molar-refractivity contribution in [2.24, 2.45) is 4.99 Å². The summed E-state index contributed by atoms with van der Waals surface area (Å²) in [5, 5.41) is 3.98. The van der Waals surface area contributed by atoms with E-state index in [0.29, 0.717) is 21.7 Å². The Morgan fingerprint density at radius 1 is 1.16 bits per heavy atom. The molecule has 0 aromatic heterocycles. The number of nitrogens with one attached hydrogen (secondary N) is 1. The summed E-state index contributed by atoms with van der Waals surface area (Å²) in [4.78, 5) is 17.1. The first-order chi connectivity index (χ1) is 12.1. The Balaban J connectivity index is 1.71. The van der Waals surface area contributed by atoms with Crippen molar-refractivity contribution in [1.82, 2.24) is 5.32 Å². The van der Waals surface area contributed by atoms with E-state index in [1.807, 2.05) is 30.3 Å². The Labute approximate surface area is 155 Å². The van der Waals surface area contributed by atoms with Gasteiger partial charge < -0.3 is 10.1 Å². The fourth-order valence-electron chi connectivity index (χ4n) is 2.14. The minimum absolute atomic E-state index is 0.149. The number of amidine groups is 1. The van der Waals surface area contributed by atoms with E-state index in [2.05, 4.69) is 17.2 Å². The highest BCUT2D eigenvalue weighted by molar-refractivity contribution is 8.18. The number of aliphatic imine (C=N–C) groups is 1. The predicted octanol–water partition coefficient (Wildman–Crippen LogP) is 5.02. The van der Waals surface area contributed by atoms with Crippen LogP contribution >= 0.6 is 23.4 Å². The first kappa shape index (κ1) is 17.6. The first-order valence-corrected chi connectivity index (χ1v) is 9.11. The second kappa shape index (κ2) is 8.23. The molecule has 6 heteroatoms. The van der Waals surface area contributed by atoms with Crippen LogP contribution in [0.1, 0.15) is 18.9 Å². The maximum absolute atomic E-state index is 12.1. The number of carbonyl (C=O) groups is 1. The number of rotatable bonds is 5. The summed E-state index contributed by atoms with van der Waals surface area (Å²) in [5.41, 5.74) is 1.68. The largest absolute Gasteiger partial charge is 0.494 e. The quantitative estimate of drug-likeness (QED) is 0.749. The molecule has 0 spiro atoms. The highest BCUT2D eigenvalue weighted by Crippen LogP contribution is 2.28. The van der Waals surface area contributed by atoms with Crippen LogP contribution in [0.5, 0.6) is 5.75 Å². The normalized spacial score (nSPS) is 17.1. The standard InChI is InChI=1S/C19H17ClN2O2S/c1-2-11-24-16-9-3-13(4-10-16)12-17-18(23)22-19(25-17)21-15-7-5-14(20)6-8-15/h3-10,12H,2,11H2,1H3,(H,21,22,23)/b17-12-. The van der Waals surface area contributed by atoms with E-state index < -0.39 is 0 Å². The zero-order valence-electron chi connectivity index (χ0n) is 13.7. The van der Waals surface area contributed by atoms with Gasteiger partial charge in [-0.05, 0) is 66.2 Å². The zero-order chi connectivity index (χ0) is 17.6. The molecule has 0 atom stereocenters. The lowest BCUT2D eigenvalue weighted by molar-refractivity contribution is -0.115. The molecule has 1 fully saturated rings. The van der Waals surface area contributed by atoms with Gasteiger partial charge in [-0.3, -0.25) is 4.79 Å². The summed E-state index contributed by atoms with van der Waals surface area (Å²) in [6.45, 7) is 2.76. The second-order valence-electron chi connectivity index (χ2n) is 5.38. The van der Waals surface area contributed by atoms with Gasteiger partial charge in [0, 0.05) is 5.02 Å². The lowest BCUT2D eigenvalue weighted by Crippen LogP contribution is -2.19. The molecule has 1 amide bonds. The van der Waals surface area contributed by atoms with Gasteiger partial charge >= 0.3 is 0 Å². The van der Waals surface area contributed by atoms with Gasteiger partial charge in [-0.15, -0.1) is 0 Å². The van der Waals surface area contributed by atoms with Crippen molar-refractivity contribution >= 4 is 46.2 Å². The average molecular weight is 373 g/mol. The molecule has 128 valence electrons. The zero-order valence-corrected chi connectivity index (χ0v) is 15.2. The van der Waals surface area contributed by atoms with Gasteiger partial charge in [-0.25, -0.2) is 4.99 Å². The van der Waals surface area contributed by atoms with E-state index in [1.165, 1.54) is 11.8 Å². The maximum Gasteiger partial charge on any atom is 0.264 e. The van der Waals surface area contributed by atoms with Crippen molar-refractivity contribution in [3.05, 3.63) is 64.0 Å². The highest BCUT2D eigenvalue weighted by atomic mass is 35.5. The van der Waals surface area contributed by atoms with E-state index in [-0.39, 0.29) is 5.91 Å². The van der Waals surface area contributed by atoms with Gasteiger partial charge in [0.1, 0.15) is 5.75 Å². The SMILES string of the molecule is CCCOc1ccc(/C=C2\SC(=Nc3ccc(Cl)cc3)NC2=O)cc1. The number of hydrogen-bond acceptors (Lipinski definition) is 4. The Bertz CT molecular complexity index is 814. The minimum Gasteiger partial charge on any atom is -0.494 e. The van der Waals surface area contributed by atoms with Crippen molar-refractivity contribution in [3.8, 4) is 5.75 Å². The number of nitrogens with zero attached hydrogens (tertiary/aromatic N) is 1. The molecule has 1 aliphatic heterocycles. The molecule has 0 radical (unpaired) electrons. The monoisotopic (exact) mass is 372 g/mol. The molecule has 4 nitrogen and oxygen atoms in total. The Morgan fingerprint density at radius 3 is 2.56 bits per heavy atom. The van der Waals surface area contributed by atoms with Crippen LogP contribution in [0.2, 0.25) is 5.02 Å². The Morgan fingerprint density at radius 2 is 1.88 bits per heavy atom. The molecular weight excluding hydrogens is 356 g/mol. The topological polar surface area (TPSA) is 50.7 Å². The molecule has 3 rings (SSSR count). The number of benzene rings is 2. The summed E-state index contributed by atoms with van der Waals surface area (Å²) in [6, 6.07) is 14.8. The molecule has 1 aliphatic rings. The van der Waals surface area contributed by atoms with Crippen LogP contribution in [-0.2, 0) is 4.79 Å². The fourth-order valence-corrected chi connectivity index (χ4v) is 3.11. The predicted molar refractivity (Wildman–Crippen MR) is 104 cm³/mol. The van der Waals surface area contributed by atoms with E-state index in [1.54, 1.807) is 24.3 Å². The van der Waals surface area contributed by atoms with Gasteiger partial charge in [0.15, 0.2) is 5.17 Å². The molecule has 0 unspecified atom stereocenters. The van der Waals surface area contributed by atoms with Crippen LogP contribution in [0.15, 0.2) is 58.4 Å². The molecule has 0 bridgehead atoms. The van der Waals surface area contributed by atoms with E-state index in [4.69, 9.17) is 16.3 Å². The van der Waals surface area contributed by atoms with Crippen molar-refractivity contribution in [2.75, 3.05) is 6.61 Å². The van der Waals surface area contributed by atoms with Gasteiger partial charge in [0.25, 0.3) is 5.91 Å². The number of hydrogen-bond donors (Lipinski definition) is 1. The third-order valence-electron chi connectivity index (χ3n) is 3.36. The van der Waals surface area contributed by atoms with Crippen LogP contribution in [0.25, 0.3) is 6.08 Å². The van der Waals surface area contributed by atoms with Gasteiger partial charge in [-0.1, -0.05) is 30.7 Å². The van der Waals surface area contributed by atoms with Crippen LogP contribution in [0.3, 0.4) is 0 Å². The third-order valence-corrected chi connectivity index (χ3v) is 4.52. The van der Waals surface area contributed by atoms with Crippen molar-refractivity contribution in [3.63, 3.8) is 0 Å². The van der Waals surface area contributed by atoms with Crippen molar-refractivity contribution in [1.29, 1.82) is 0 Å². The van der Waals surface area contributed by atoms with Crippen LogP contribution in [0.4, 0.5) is 5.69 Å². The van der Waals surface area contributed by atoms with Crippen LogP contribution in [0, 0.1) is 0 Å². The fraction of sp³-hybridized carbons (Fsp3) is 0.158. The van der Waals surface area contributed by atoms with E-state index >= 15 is 0 Å². The number of amides is 1. The van der Waals surface area contributed by atoms with Gasteiger partial charge in [-0.2, -0.15) is 0 Å². The number of thioether (sulfide) groups is 1. The molecule has 0 aliphatic carbocycles. The first-order valence-electron chi connectivity index (χ1n) is 7.92. The highest BCUT2D eigenvalue weighted by Gasteiger charge is 2.23. The van der Waals surface area contributed by atoms with Crippen molar-refractivity contribution in [2.45, 2.75) is 13.3 Å². The Kier molecular flexibility index (Phi) is 5.79. The summed E-state index contributed by atoms with van der Waals surface area (Å²) in [6.07, 6.45) is 2.81. The number of ether oxygens (including phenoxy) is 1.